The summed E-state index contributed by atoms with van der Waals surface area (Å²) in [7, 11) is 0. The molecule has 0 spiro atoms. The first kappa shape index (κ1) is 24.8. The van der Waals surface area contributed by atoms with Gasteiger partial charge in [0.2, 0.25) is 5.91 Å². The molecule has 0 bridgehead atoms. The number of aromatic amines is 2. The van der Waals surface area contributed by atoms with Gasteiger partial charge in [-0.25, -0.2) is 4.98 Å². The maximum Gasteiger partial charge on any atom is 0.224 e. The van der Waals surface area contributed by atoms with Crippen LogP contribution < -0.4 is 15.5 Å². The molecule has 7 rings (SSSR count). The summed E-state index contributed by atoms with van der Waals surface area (Å²) in [5.74, 6) is 1.54. The van der Waals surface area contributed by atoms with Crippen LogP contribution >= 0.6 is 0 Å². The molecule has 2 saturated heterocycles. The summed E-state index contributed by atoms with van der Waals surface area (Å²) in [6.45, 7) is 4.07. The lowest BCUT2D eigenvalue weighted by Crippen LogP contribution is -2.30. The van der Waals surface area contributed by atoms with Gasteiger partial charge in [0.05, 0.1) is 28.6 Å². The standard InChI is InChI=1S/C31H34N8O/c40-29(14-20-6-9-32-10-7-20)35-23-15-22(18-33-19-23)21-4-5-27-24(16-21)30(38-37-27)28-17-25-26(36-28)8-11-34-31(25)39-12-2-1-3-13-39/h4-5,8,11,15-20,32,36H,1-3,6-7,9-10,12-14H2,(H,35,40)(H,37,38). The number of benzene rings is 1. The van der Waals surface area contributed by atoms with Crippen LogP contribution in [0.25, 0.3) is 44.3 Å². The first-order valence-electron chi connectivity index (χ1n) is 14.4. The van der Waals surface area contributed by atoms with Gasteiger partial charge in [-0.3, -0.25) is 14.9 Å². The Kier molecular flexibility index (Phi) is 6.65. The smallest absolute Gasteiger partial charge is 0.224 e. The Morgan fingerprint density at radius 2 is 1.82 bits per heavy atom. The van der Waals surface area contributed by atoms with Crippen LogP contribution in [-0.2, 0) is 4.79 Å². The molecule has 5 aromatic rings. The van der Waals surface area contributed by atoms with Crippen LogP contribution in [0, 0.1) is 5.92 Å². The Hall–Kier alpha value is -4.24. The van der Waals surface area contributed by atoms with Gasteiger partial charge in [-0.2, -0.15) is 5.10 Å². The molecular formula is C31H34N8O. The molecule has 0 atom stereocenters. The summed E-state index contributed by atoms with van der Waals surface area (Å²) in [5.41, 5.74) is 6.54. The van der Waals surface area contributed by atoms with Crippen LogP contribution in [0.1, 0.15) is 38.5 Å². The van der Waals surface area contributed by atoms with E-state index in [1.54, 1.807) is 6.20 Å². The van der Waals surface area contributed by atoms with E-state index in [1.165, 1.54) is 19.3 Å². The lowest BCUT2D eigenvalue weighted by Gasteiger charge is -2.28. The molecule has 2 fully saturated rings. The SMILES string of the molecule is O=C(CC1CCNCC1)Nc1cncc(-c2ccc3[nH]nc(-c4cc5c(N6CCCCC6)nccc5[nH]4)c3c2)c1. The second kappa shape index (κ2) is 10.7. The van der Waals surface area contributed by atoms with E-state index >= 15 is 0 Å². The molecule has 1 aromatic carbocycles. The summed E-state index contributed by atoms with van der Waals surface area (Å²) in [6, 6.07) is 12.4. The lowest BCUT2D eigenvalue weighted by atomic mass is 9.94. The van der Waals surface area contributed by atoms with Crippen molar-refractivity contribution in [1.82, 2.24) is 30.5 Å². The van der Waals surface area contributed by atoms with E-state index in [-0.39, 0.29) is 5.91 Å². The summed E-state index contributed by atoms with van der Waals surface area (Å²) in [4.78, 5) is 27.8. The maximum atomic E-state index is 12.7. The number of piperidine rings is 2. The van der Waals surface area contributed by atoms with Crippen molar-refractivity contribution in [3.05, 3.63) is 55.0 Å². The van der Waals surface area contributed by atoms with Crippen LogP contribution in [-0.4, -0.2) is 57.2 Å². The van der Waals surface area contributed by atoms with E-state index in [0.29, 0.717) is 12.3 Å². The monoisotopic (exact) mass is 534 g/mol. The van der Waals surface area contributed by atoms with Gasteiger partial charge in [-0.05, 0) is 87.0 Å². The minimum atomic E-state index is 0.0515. The largest absolute Gasteiger partial charge is 0.356 e. The molecular weight excluding hydrogens is 500 g/mol. The summed E-state index contributed by atoms with van der Waals surface area (Å²) >= 11 is 0. The number of aromatic nitrogens is 5. The number of fused-ring (bicyclic) bond motifs is 2. The minimum absolute atomic E-state index is 0.0515. The molecule has 1 amide bonds. The molecule has 0 saturated carbocycles. The van der Waals surface area contributed by atoms with E-state index in [0.717, 1.165) is 94.8 Å². The third kappa shape index (κ3) is 4.93. The average Bonchev–Trinajstić information content (AvgIpc) is 3.62. The van der Waals surface area contributed by atoms with E-state index < -0.39 is 0 Å². The van der Waals surface area contributed by atoms with Gasteiger partial charge < -0.3 is 20.5 Å². The van der Waals surface area contributed by atoms with Gasteiger partial charge in [0.1, 0.15) is 11.5 Å². The number of hydrogen-bond donors (Lipinski definition) is 4. The number of carbonyl (C=O) groups is 1. The van der Waals surface area contributed by atoms with Crippen molar-refractivity contribution in [1.29, 1.82) is 0 Å². The first-order chi connectivity index (χ1) is 19.7. The number of nitrogens with zero attached hydrogens (tertiary/aromatic N) is 4. The topological polar surface area (TPSA) is 115 Å². The van der Waals surface area contributed by atoms with Gasteiger partial charge >= 0.3 is 0 Å². The molecule has 0 unspecified atom stereocenters. The Morgan fingerprint density at radius 3 is 2.70 bits per heavy atom. The fourth-order valence-electron chi connectivity index (χ4n) is 6.15. The predicted octanol–water partition coefficient (Wildman–Crippen LogP) is 5.49. The fraction of sp³-hybridized carbons (Fsp3) is 0.355. The predicted molar refractivity (Wildman–Crippen MR) is 159 cm³/mol. The van der Waals surface area contributed by atoms with Gasteiger partial charge in [0.15, 0.2) is 0 Å². The highest BCUT2D eigenvalue weighted by atomic mass is 16.1. The lowest BCUT2D eigenvalue weighted by molar-refractivity contribution is -0.117. The number of anilines is 2. The fourth-order valence-corrected chi connectivity index (χ4v) is 6.15. The van der Waals surface area contributed by atoms with E-state index in [2.05, 4.69) is 53.9 Å². The highest BCUT2D eigenvalue weighted by Gasteiger charge is 2.19. The highest BCUT2D eigenvalue weighted by molar-refractivity contribution is 6.00. The molecule has 0 aliphatic carbocycles. The van der Waals surface area contributed by atoms with Crippen LogP contribution in [0.4, 0.5) is 11.5 Å². The number of pyridine rings is 2. The molecule has 2 aliphatic rings. The number of H-pyrrole nitrogens is 2. The normalized spacial score (nSPS) is 16.6. The highest BCUT2D eigenvalue weighted by Crippen LogP contribution is 2.35. The van der Waals surface area contributed by atoms with Gasteiger partial charge in [-0.1, -0.05) is 6.07 Å². The number of amides is 1. The number of hydrogen-bond acceptors (Lipinski definition) is 6. The molecule has 40 heavy (non-hydrogen) atoms. The summed E-state index contributed by atoms with van der Waals surface area (Å²) in [6.07, 6.45) is 11.8. The van der Waals surface area contributed by atoms with E-state index in [9.17, 15) is 4.79 Å². The van der Waals surface area contributed by atoms with Crippen molar-refractivity contribution in [2.24, 2.45) is 5.92 Å². The van der Waals surface area contributed by atoms with Crippen LogP contribution in [0.2, 0.25) is 0 Å². The van der Waals surface area contributed by atoms with Crippen LogP contribution in [0.3, 0.4) is 0 Å². The molecule has 9 heteroatoms. The van der Waals surface area contributed by atoms with Crippen molar-refractivity contribution in [3.8, 4) is 22.5 Å². The zero-order valence-corrected chi connectivity index (χ0v) is 22.5. The zero-order chi connectivity index (χ0) is 26.9. The number of rotatable bonds is 6. The van der Waals surface area contributed by atoms with Crippen LogP contribution in [0.5, 0.6) is 0 Å². The van der Waals surface area contributed by atoms with E-state index in [1.807, 2.05) is 30.6 Å². The van der Waals surface area contributed by atoms with E-state index in [4.69, 9.17) is 4.98 Å². The molecule has 4 N–H and O–H groups in total. The quantitative estimate of drug-likeness (QED) is 0.229. The van der Waals surface area contributed by atoms with Crippen molar-refractivity contribution >= 4 is 39.2 Å². The average molecular weight is 535 g/mol. The van der Waals surface area contributed by atoms with Crippen molar-refractivity contribution in [2.75, 3.05) is 36.4 Å². The Labute approximate surface area is 232 Å². The molecule has 9 nitrogen and oxygen atoms in total. The second-order valence-electron chi connectivity index (χ2n) is 11.1. The molecule has 2 aliphatic heterocycles. The number of nitrogens with one attached hydrogen (secondary N) is 4. The van der Waals surface area contributed by atoms with Crippen molar-refractivity contribution in [2.45, 2.75) is 38.5 Å². The van der Waals surface area contributed by atoms with Gasteiger partial charge in [0, 0.05) is 48.2 Å². The van der Waals surface area contributed by atoms with Crippen LogP contribution in [0.15, 0.2) is 55.0 Å². The molecule has 4 aromatic heterocycles. The third-order valence-corrected chi connectivity index (χ3v) is 8.29. The third-order valence-electron chi connectivity index (χ3n) is 8.29. The Balaban J connectivity index is 1.17. The molecule has 6 heterocycles. The Morgan fingerprint density at radius 1 is 0.950 bits per heavy atom. The summed E-state index contributed by atoms with van der Waals surface area (Å²) in [5, 5.41) is 16.4. The minimum Gasteiger partial charge on any atom is -0.356 e. The number of carbonyl (C=O) groups excluding carboxylic acids is 1. The molecule has 0 radical (unpaired) electrons. The van der Waals surface area contributed by atoms with Crippen molar-refractivity contribution < 1.29 is 4.79 Å². The zero-order valence-electron chi connectivity index (χ0n) is 22.5. The maximum absolute atomic E-state index is 12.7. The molecule has 204 valence electrons. The summed E-state index contributed by atoms with van der Waals surface area (Å²) < 4.78 is 0. The van der Waals surface area contributed by atoms with Crippen molar-refractivity contribution in [3.63, 3.8) is 0 Å². The van der Waals surface area contributed by atoms with Gasteiger partial charge in [-0.15, -0.1) is 0 Å². The second-order valence-corrected chi connectivity index (χ2v) is 11.1. The van der Waals surface area contributed by atoms with Gasteiger partial charge in [0.25, 0.3) is 0 Å². The Bertz CT molecular complexity index is 1660. The first-order valence-corrected chi connectivity index (χ1v) is 14.4.